The molecule has 0 spiro atoms. The van der Waals surface area contributed by atoms with Crippen molar-refractivity contribution in [2.75, 3.05) is 13.1 Å². The number of carbonyl (C=O) groups is 1. The van der Waals surface area contributed by atoms with E-state index in [1.54, 1.807) is 6.08 Å². The quantitative estimate of drug-likeness (QED) is 0.250. The van der Waals surface area contributed by atoms with Crippen molar-refractivity contribution in [1.29, 1.82) is 0 Å². The third-order valence-electron chi connectivity index (χ3n) is 1.30. The molecule has 1 amide bonds. The molecule has 0 fully saturated rings. The van der Waals surface area contributed by atoms with Gasteiger partial charge in [-0.2, -0.15) is 0 Å². The number of carbonyl (C=O) groups excluding carboxylic acids is 1. The van der Waals surface area contributed by atoms with Crippen LogP contribution >= 0.6 is 12.4 Å². The first-order chi connectivity index (χ1) is 6.16. The van der Waals surface area contributed by atoms with Crippen LogP contribution in [0.1, 0.15) is 12.8 Å². The van der Waals surface area contributed by atoms with E-state index in [0.717, 1.165) is 0 Å². The molecule has 0 radical (unpaired) electrons. The maximum Gasteiger partial charge on any atom is 0.220 e. The average molecular weight is 221 g/mol. The predicted molar refractivity (Wildman–Crippen MR) is 60.4 cm³/mol. The number of aliphatic imine (C=N–C) groups is 1. The van der Waals surface area contributed by atoms with Gasteiger partial charge >= 0.3 is 0 Å². The van der Waals surface area contributed by atoms with Gasteiger partial charge in [0.05, 0.1) is 0 Å². The zero-order valence-corrected chi connectivity index (χ0v) is 8.85. The second-order valence-electron chi connectivity index (χ2n) is 2.50. The lowest BCUT2D eigenvalue weighted by molar-refractivity contribution is -0.120. The van der Waals surface area contributed by atoms with Gasteiger partial charge < -0.3 is 16.8 Å². The number of nitrogens with one attached hydrogen (secondary N) is 1. The zero-order valence-electron chi connectivity index (χ0n) is 8.03. The van der Waals surface area contributed by atoms with Gasteiger partial charge in [0.15, 0.2) is 5.96 Å². The third-order valence-corrected chi connectivity index (χ3v) is 1.30. The summed E-state index contributed by atoms with van der Waals surface area (Å²) in [4.78, 5) is 14.7. The molecule has 0 rings (SSSR count). The molecule has 5 N–H and O–H groups in total. The fourth-order valence-electron chi connectivity index (χ4n) is 0.722. The second-order valence-corrected chi connectivity index (χ2v) is 2.50. The van der Waals surface area contributed by atoms with Crippen molar-refractivity contribution >= 4 is 24.3 Å². The lowest BCUT2D eigenvalue weighted by Gasteiger charge is -2.00. The Labute approximate surface area is 90.0 Å². The molecule has 0 aliphatic carbocycles. The lowest BCUT2D eigenvalue weighted by Crippen LogP contribution is -2.24. The van der Waals surface area contributed by atoms with Gasteiger partial charge in [0.1, 0.15) is 0 Å². The van der Waals surface area contributed by atoms with Crippen molar-refractivity contribution in [3.8, 4) is 0 Å². The number of amides is 1. The highest BCUT2D eigenvalue weighted by atomic mass is 35.5. The van der Waals surface area contributed by atoms with E-state index < -0.39 is 0 Å². The van der Waals surface area contributed by atoms with E-state index >= 15 is 0 Å². The maximum absolute atomic E-state index is 11.0. The zero-order chi connectivity index (χ0) is 10.1. The fraction of sp³-hybridized carbons (Fsp3) is 0.500. The van der Waals surface area contributed by atoms with Crippen LogP contribution in [0.15, 0.2) is 17.6 Å². The van der Waals surface area contributed by atoms with Gasteiger partial charge in [0.25, 0.3) is 0 Å². The molecular weight excluding hydrogens is 204 g/mol. The van der Waals surface area contributed by atoms with Gasteiger partial charge in [-0.05, 0) is 6.42 Å². The normalized spacial score (nSPS) is 8.29. The second kappa shape index (κ2) is 9.85. The standard InChI is InChI=1S/C8H16N4O.ClH/c1-2-5-11-7(13)4-3-6-12-8(9)10;/h2H,1,3-6H2,(H,11,13)(H4,9,10,12);1H. The summed E-state index contributed by atoms with van der Waals surface area (Å²) < 4.78 is 0. The van der Waals surface area contributed by atoms with Crippen LogP contribution in [0.25, 0.3) is 0 Å². The maximum atomic E-state index is 11.0. The first-order valence-corrected chi connectivity index (χ1v) is 4.09. The van der Waals surface area contributed by atoms with E-state index in [-0.39, 0.29) is 24.3 Å². The number of nitrogens with two attached hydrogens (primary N) is 2. The Morgan fingerprint density at radius 3 is 2.64 bits per heavy atom. The summed E-state index contributed by atoms with van der Waals surface area (Å²) in [5.41, 5.74) is 10.2. The minimum Gasteiger partial charge on any atom is -0.370 e. The van der Waals surface area contributed by atoms with Crippen LogP contribution < -0.4 is 16.8 Å². The third kappa shape index (κ3) is 10.8. The molecule has 0 heterocycles. The first-order valence-electron chi connectivity index (χ1n) is 4.09. The SMILES string of the molecule is C=CCNC(=O)CCCN=C(N)N.Cl. The summed E-state index contributed by atoms with van der Waals surface area (Å²) in [7, 11) is 0. The fourth-order valence-corrected chi connectivity index (χ4v) is 0.722. The Balaban J connectivity index is 0. The Kier molecular flexibility index (Phi) is 10.7. The first kappa shape index (κ1) is 15.3. The van der Waals surface area contributed by atoms with Gasteiger partial charge in [-0.1, -0.05) is 6.08 Å². The van der Waals surface area contributed by atoms with Crippen molar-refractivity contribution in [1.82, 2.24) is 5.32 Å². The molecule has 14 heavy (non-hydrogen) atoms. The van der Waals surface area contributed by atoms with E-state index in [4.69, 9.17) is 11.5 Å². The van der Waals surface area contributed by atoms with Gasteiger partial charge in [0, 0.05) is 19.5 Å². The largest absolute Gasteiger partial charge is 0.370 e. The van der Waals surface area contributed by atoms with Crippen LogP contribution in [0.3, 0.4) is 0 Å². The summed E-state index contributed by atoms with van der Waals surface area (Å²) in [5, 5.41) is 2.65. The van der Waals surface area contributed by atoms with Crippen molar-refractivity contribution in [3.63, 3.8) is 0 Å². The summed E-state index contributed by atoms with van der Waals surface area (Å²) in [6.45, 7) is 4.47. The molecule has 0 aromatic heterocycles. The average Bonchev–Trinajstić information content (AvgIpc) is 2.08. The van der Waals surface area contributed by atoms with Gasteiger partial charge in [0.2, 0.25) is 5.91 Å². The van der Waals surface area contributed by atoms with Crippen molar-refractivity contribution in [2.24, 2.45) is 16.5 Å². The molecule has 82 valence electrons. The summed E-state index contributed by atoms with van der Waals surface area (Å²) in [5.74, 6) is 0.0530. The molecule has 0 bridgehead atoms. The molecule has 0 aliphatic rings. The predicted octanol–water partition coefficient (Wildman–Crippen LogP) is -0.236. The van der Waals surface area contributed by atoms with Gasteiger partial charge in [-0.3, -0.25) is 9.79 Å². The number of nitrogens with zero attached hydrogens (tertiary/aromatic N) is 1. The molecule has 0 unspecified atom stereocenters. The number of halogens is 1. The highest BCUT2D eigenvalue weighted by Crippen LogP contribution is 1.88. The van der Waals surface area contributed by atoms with Crippen LogP contribution in [0.2, 0.25) is 0 Å². The van der Waals surface area contributed by atoms with E-state index in [0.29, 0.717) is 25.9 Å². The summed E-state index contributed by atoms with van der Waals surface area (Å²) in [6, 6.07) is 0. The monoisotopic (exact) mass is 220 g/mol. The molecule has 0 aromatic rings. The van der Waals surface area contributed by atoms with E-state index in [2.05, 4.69) is 16.9 Å². The highest BCUT2D eigenvalue weighted by molar-refractivity contribution is 5.85. The van der Waals surface area contributed by atoms with Crippen molar-refractivity contribution in [3.05, 3.63) is 12.7 Å². The topological polar surface area (TPSA) is 93.5 Å². The molecule has 0 saturated carbocycles. The van der Waals surface area contributed by atoms with Crippen LogP contribution in [0.4, 0.5) is 0 Å². The lowest BCUT2D eigenvalue weighted by atomic mass is 10.3. The van der Waals surface area contributed by atoms with Gasteiger partial charge in [-0.15, -0.1) is 19.0 Å². The Morgan fingerprint density at radius 2 is 2.14 bits per heavy atom. The molecular formula is C8H17ClN4O. The Bertz CT molecular complexity index is 202. The van der Waals surface area contributed by atoms with E-state index in [1.807, 2.05) is 0 Å². The molecule has 0 aromatic carbocycles. The Morgan fingerprint density at radius 1 is 1.50 bits per heavy atom. The van der Waals surface area contributed by atoms with Crippen LogP contribution in [0.5, 0.6) is 0 Å². The minimum absolute atomic E-state index is 0. The number of hydrogen-bond donors (Lipinski definition) is 3. The Hall–Kier alpha value is -1.23. The van der Waals surface area contributed by atoms with Crippen LogP contribution in [0, 0.1) is 0 Å². The molecule has 0 aliphatic heterocycles. The molecule has 0 saturated heterocycles. The summed E-state index contributed by atoms with van der Waals surface area (Å²) in [6.07, 6.45) is 2.72. The number of hydrogen-bond acceptors (Lipinski definition) is 2. The summed E-state index contributed by atoms with van der Waals surface area (Å²) >= 11 is 0. The van der Waals surface area contributed by atoms with Crippen molar-refractivity contribution < 1.29 is 4.79 Å². The molecule has 0 atom stereocenters. The minimum atomic E-state index is -0.00862. The van der Waals surface area contributed by atoms with E-state index in [9.17, 15) is 4.79 Å². The van der Waals surface area contributed by atoms with E-state index in [1.165, 1.54) is 0 Å². The van der Waals surface area contributed by atoms with Gasteiger partial charge in [-0.25, -0.2) is 0 Å². The van der Waals surface area contributed by atoms with Crippen molar-refractivity contribution in [2.45, 2.75) is 12.8 Å². The van der Waals surface area contributed by atoms with Crippen LogP contribution in [-0.4, -0.2) is 25.0 Å². The van der Waals surface area contributed by atoms with Crippen LogP contribution in [-0.2, 0) is 4.79 Å². The number of rotatable bonds is 6. The molecule has 6 heteroatoms. The number of guanidine groups is 1. The molecule has 5 nitrogen and oxygen atoms in total. The highest BCUT2D eigenvalue weighted by Gasteiger charge is 1.97. The smallest absolute Gasteiger partial charge is 0.220 e.